The molecule has 0 amide bonds. The SMILES string of the molecule is CN=C(NCCCOC(C)c1ccccc1)NCc1ncc(C(C)(C)C)o1. The van der Waals surface area contributed by atoms with Crippen molar-refractivity contribution < 1.29 is 9.15 Å². The second kappa shape index (κ2) is 10.1. The smallest absolute Gasteiger partial charge is 0.213 e. The molecule has 6 nitrogen and oxygen atoms in total. The van der Waals surface area contributed by atoms with E-state index in [4.69, 9.17) is 9.15 Å². The highest BCUT2D eigenvalue weighted by Crippen LogP contribution is 2.22. The second-order valence-electron chi connectivity index (χ2n) is 7.50. The zero-order valence-corrected chi connectivity index (χ0v) is 17.1. The van der Waals surface area contributed by atoms with Crippen molar-refractivity contribution >= 4 is 5.96 Å². The molecule has 27 heavy (non-hydrogen) atoms. The third kappa shape index (κ3) is 7.06. The van der Waals surface area contributed by atoms with Crippen molar-refractivity contribution in [2.75, 3.05) is 20.2 Å². The van der Waals surface area contributed by atoms with E-state index in [0.717, 1.165) is 24.7 Å². The van der Waals surface area contributed by atoms with E-state index in [9.17, 15) is 0 Å². The molecule has 6 heteroatoms. The minimum absolute atomic E-state index is 0.0396. The maximum absolute atomic E-state index is 5.88. The minimum Gasteiger partial charge on any atom is -0.443 e. The summed E-state index contributed by atoms with van der Waals surface area (Å²) in [4.78, 5) is 8.54. The molecule has 0 fully saturated rings. The van der Waals surface area contributed by atoms with Gasteiger partial charge in [0.2, 0.25) is 5.89 Å². The van der Waals surface area contributed by atoms with E-state index in [1.165, 1.54) is 5.56 Å². The maximum Gasteiger partial charge on any atom is 0.213 e. The number of ether oxygens (including phenoxy) is 1. The molecule has 0 spiro atoms. The molecule has 2 N–H and O–H groups in total. The fraction of sp³-hybridized carbons (Fsp3) is 0.524. The molecule has 1 atom stereocenters. The fourth-order valence-corrected chi connectivity index (χ4v) is 2.48. The van der Waals surface area contributed by atoms with Gasteiger partial charge in [-0.25, -0.2) is 4.98 Å². The first-order valence-corrected chi connectivity index (χ1v) is 9.46. The largest absolute Gasteiger partial charge is 0.443 e. The standard InChI is InChI=1S/C21H32N4O2/c1-16(17-10-7-6-8-11-17)26-13-9-12-23-20(22-5)25-15-19-24-14-18(27-19)21(2,3)4/h6-8,10-11,14,16H,9,12-13,15H2,1-5H3,(H2,22,23,25). The van der Waals surface area contributed by atoms with Gasteiger partial charge in [0, 0.05) is 25.6 Å². The van der Waals surface area contributed by atoms with Crippen LogP contribution in [-0.4, -0.2) is 31.1 Å². The van der Waals surface area contributed by atoms with Crippen molar-refractivity contribution in [2.24, 2.45) is 4.99 Å². The Morgan fingerprint density at radius 1 is 1.22 bits per heavy atom. The van der Waals surface area contributed by atoms with Gasteiger partial charge in [-0.1, -0.05) is 51.1 Å². The molecule has 1 unspecified atom stereocenters. The van der Waals surface area contributed by atoms with Crippen LogP contribution in [0.1, 0.15) is 57.4 Å². The summed E-state index contributed by atoms with van der Waals surface area (Å²) in [6.45, 7) is 10.3. The number of benzene rings is 1. The van der Waals surface area contributed by atoms with Crippen LogP contribution in [0.4, 0.5) is 0 Å². The van der Waals surface area contributed by atoms with E-state index in [1.54, 1.807) is 13.2 Å². The number of aliphatic imine (C=N–C) groups is 1. The summed E-state index contributed by atoms with van der Waals surface area (Å²) in [6, 6.07) is 10.3. The molecular weight excluding hydrogens is 340 g/mol. The number of nitrogens with one attached hydrogen (secondary N) is 2. The summed E-state index contributed by atoms with van der Waals surface area (Å²) >= 11 is 0. The van der Waals surface area contributed by atoms with Crippen molar-refractivity contribution in [3.63, 3.8) is 0 Å². The Labute approximate surface area is 162 Å². The second-order valence-corrected chi connectivity index (χ2v) is 7.50. The number of guanidine groups is 1. The fourth-order valence-electron chi connectivity index (χ4n) is 2.48. The topological polar surface area (TPSA) is 71.7 Å². The molecule has 1 aromatic carbocycles. The van der Waals surface area contributed by atoms with Crippen LogP contribution < -0.4 is 10.6 Å². The number of hydrogen-bond acceptors (Lipinski definition) is 4. The van der Waals surface area contributed by atoms with Gasteiger partial charge < -0.3 is 19.8 Å². The molecule has 148 valence electrons. The van der Waals surface area contributed by atoms with Crippen LogP contribution in [0.3, 0.4) is 0 Å². The van der Waals surface area contributed by atoms with Gasteiger partial charge in [-0.3, -0.25) is 4.99 Å². The Morgan fingerprint density at radius 3 is 2.59 bits per heavy atom. The van der Waals surface area contributed by atoms with E-state index < -0.39 is 0 Å². The van der Waals surface area contributed by atoms with Gasteiger partial charge in [-0.05, 0) is 18.9 Å². The van der Waals surface area contributed by atoms with Gasteiger partial charge >= 0.3 is 0 Å². The lowest BCUT2D eigenvalue weighted by Gasteiger charge is -2.15. The highest BCUT2D eigenvalue weighted by atomic mass is 16.5. The van der Waals surface area contributed by atoms with Gasteiger partial charge in [0.25, 0.3) is 0 Å². The van der Waals surface area contributed by atoms with Crippen molar-refractivity contribution in [1.82, 2.24) is 15.6 Å². The zero-order valence-electron chi connectivity index (χ0n) is 17.1. The highest BCUT2D eigenvalue weighted by Gasteiger charge is 2.19. The number of hydrogen-bond donors (Lipinski definition) is 2. The van der Waals surface area contributed by atoms with Gasteiger partial charge in [-0.15, -0.1) is 0 Å². The van der Waals surface area contributed by atoms with Crippen LogP contribution in [0.2, 0.25) is 0 Å². The third-order valence-electron chi connectivity index (χ3n) is 4.17. The Hall–Kier alpha value is -2.34. The number of aromatic nitrogens is 1. The van der Waals surface area contributed by atoms with E-state index in [1.807, 2.05) is 18.2 Å². The molecule has 0 saturated carbocycles. The van der Waals surface area contributed by atoms with Crippen molar-refractivity contribution in [2.45, 2.75) is 52.2 Å². The van der Waals surface area contributed by atoms with Crippen LogP contribution in [0.15, 0.2) is 45.9 Å². The molecule has 0 bridgehead atoms. The first-order chi connectivity index (χ1) is 12.9. The molecule has 2 aromatic rings. The van der Waals surface area contributed by atoms with Gasteiger partial charge in [0.1, 0.15) is 5.76 Å². The number of nitrogens with zero attached hydrogens (tertiary/aromatic N) is 2. The van der Waals surface area contributed by atoms with Crippen molar-refractivity contribution in [1.29, 1.82) is 0 Å². The Bertz CT molecular complexity index is 704. The van der Waals surface area contributed by atoms with Gasteiger partial charge in [0.05, 0.1) is 18.8 Å². The summed E-state index contributed by atoms with van der Waals surface area (Å²) in [5.41, 5.74) is 1.16. The van der Waals surface area contributed by atoms with Gasteiger partial charge in [-0.2, -0.15) is 0 Å². The average molecular weight is 373 g/mol. The number of oxazole rings is 1. The Kier molecular flexibility index (Phi) is 7.85. The predicted molar refractivity (Wildman–Crippen MR) is 109 cm³/mol. The van der Waals surface area contributed by atoms with Crippen molar-refractivity contribution in [3.05, 3.63) is 53.7 Å². The van der Waals surface area contributed by atoms with Crippen molar-refractivity contribution in [3.8, 4) is 0 Å². The van der Waals surface area contributed by atoms with Crippen LogP contribution in [0, 0.1) is 0 Å². The Morgan fingerprint density at radius 2 is 1.96 bits per heavy atom. The third-order valence-corrected chi connectivity index (χ3v) is 4.17. The average Bonchev–Trinajstić information content (AvgIpc) is 3.14. The summed E-state index contributed by atoms with van der Waals surface area (Å²) in [5, 5.41) is 6.50. The lowest BCUT2D eigenvalue weighted by molar-refractivity contribution is 0.0646. The monoisotopic (exact) mass is 372 g/mol. The molecular formula is C21H32N4O2. The van der Waals surface area contributed by atoms with E-state index in [-0.39, 0.29) is 11.5 Å². The first-order valence-electron chi connectivity index (χ1n) is 9.46. The maximum atomic E-state index is 5.88. The van der Waals surface area contributed by atoms with Crippen LogP contribution in [0.5, 0.6) is 0 Å². The molecule has 0 aliphatic carbocycles. The molecule has 1 aromatic heterocycles. The molecule has 0 aliphatic rings. The van der Waals surface area contributed by atoms with Gasteiger partial charge in [0.15, 0.2) is 5.96 Å². The normalized spacial score (nSPS) is 13.4. The van der Waals surface area contributed by atoms with E-state index in [0.29, 0.717) is 19.0 Å². The first kappa shape index (κ1) is 21.0. The summed E-state index contributed by atoms with van der Waals surface area (Å²) in [6.07, 6.45) is 2.79. The van der Waals surface area contributed by atoms with Crippen LogP contribution in [-0.2, 0) is 16.7 Å². The molecule has 0 saturated heterocycles. The Balaban J connectivity index is 1.65. The zero-order chi connectivity index (χ0) is 19.7. The van der Waals surface area contributed by atoms with Crippen LogP contribution in [0.25, 0.3) is 0 Å². The summed E-state index contributed by atoms with van der Waals surface area (Å²) in [5.74, 6) is 2.26. The number of rotatable bonds is 8. The highest BCUT2D eigenvalue weighted by molar-refractivity contribution is 5.79. The lowest BCUT2D eigenvalue weighted by Crippen LogP contribution is -2.37. The predicted octanol–water partition coefficient (Wildman–Crippen LogP) is 3.81. The van der Waals surface area contributed by atoms with E-state index >= 15 is 0 Å². The molecule has 1 heterocycles. The molecule has 0 aliphatic heterocycles. The minimum atomic E-state index is -0.0396. The molecule has 2 rings (SSSR count). The summed E-state index contributed by atoms with van der Waals surface area (Å²) < 4.78 is 11.7. The van der Waals surface area contributed by atoms with E-state index in [2.05, 4.69) is 60.4 Å². The lowest BCUT2D eigenvalue weighted by atomic mass is 9.94. The van der Waals surface area contributed by atoms with Crippen LogP contribution >= 0.6 is 0 Å². The quantitative estimate of drug-likeness (QED) is 0.419. The summed E-state index contributed by atoms with van der Waals surface area (Å²) in [7, 11) is 1.75. The molecule has 0 radical (unpaired) electrons.